The first-order valence-electron chi connectivity index (χ1n) is 5.92. The molecule has 5 nitrogen and oxygen atoms in total. The van der Waals surface area contributed by atoms with Gasteiger partial charge in [0.25, 0.3) is 5.69 Å². The number of hydrogen-bond donors (Lipinski definition) is 2. The summed E-state index contributed by atoms with van der Waals surface area (Å²) >= 11 is 1.97. The predicted octanol–water partition coefficient (Wildman–Crippen LogP) is 2.87. The predicted molar refractivity (Wildman–Crippen MR) is 76.1 cm³/mol. The molecule has 0 aromatic heterocycles. The van der Waals surface area contributed by atoms with Gasteiger partial charge in [0.05, 0.1) is 4.92 Å². The molecule has 1 aliphatic heterocycles. The van der Waals surface area contributed by atoms with Gasteiger partial charge in [0.1, 0.15) is 5.69 Å². The van der Waals surface area contributed by atoms with Crippen LogP contribution in [0.4, 0.5) is 17.1 Å². The number of nitrogens with two attached hydrogens (primary N) is 1. The number of thioether (sulfide) groups is 1. The number of nitrogens with one attached hydrogen (secondary N) is 1. The van der Waals surface area contributed by atoms with Crippen molar-refractivity contribution in [1.82, 2.24) is 0 Å². The molecule has 0 bridgehead atoms. The second-order valence-electron chi connectivity index (χ2n) is 4.79. The third-order valence-corrected chi connectivity index (χ3v) is 4.73. The van der Waals surface area contributed by atoms with Gasteiger partial charge in [0, 0.05) is 23.0 Å². The van der Waals surface area contributed by atoms with Gasteiger partial charge in [-0.2, -0.15) is 11.8 Å². The van der Waals surface area contributed by atoms with Crippen molar-refractivity contribution in [2.45, 2.75) is 24.5 Å². The number of nitro groups is 1. The Hall–Kier alpha value is -1.43. The highest BCUT2D eigenvalue weighted by atomic mass is 32.2. The molecule has 3 N–H and O–H groups in total. The van der Waals surface area contributed by atoms with E-state index in [2.05, 4.69) is 12.2 Å². The summed E-state index contributed by atoms with van der Waals surface area (Å²) in [7, 11) is 0. The minimum absolute atomic E-state index is 0.0398. The van der Waals surface area contributed by atoms with Gasteiger partial charge in [-0.25, -0.2) is 0 Å². The van der Waals surface area contributed by atoms with Gasteiger partial charge >= 0.3 is 0 Å². The molecule has 1 aromatic rings. The standard InChI is InChI=1S/C12H17N3O2S/c1-12(5-2-6-18-12)8-14-9-3-4-11(15(16)17)10(13)7-9/h3-4,7,14H,2,5-6,8,13H2,1H3. The summed E-state index contributed by atoms with van der Waals surface area (Å²) in [5.74, 6) is 1.21. The maximum Gasteiger partial charge on any atom is 0.292 e. The first kappa shape index (κ1) is 13.0. The number of hydrogen-bond acceptors (Lipinski definition) is 5. The molecule has 0 radical (unpaired) electrons. The van der Waals surface area contributed by atoms with E-state index in [0.717, 1.165) is 12.2 Å². The van der Waals surface area contributed by atoms with Gasteiger partial charge in [0.15, 0.2) is 0 Å². The molecule has 98 valence electrons. The summed E-state index contributed by atoms with van der Waals surface area (Å²) in [6.07, 6.45) is 2.46. The normalized spacial score (nSPS) is 22.9. The Morgan fingerprint density at radius 1 is 1.61 bits per heavy atom. The van der Waals surface area contributed by atoms with Crippen molar-refractivity contribution in [2.75, 3.05) is 23.3 Å². The molecule has 0 spiro atoms. The lowest BCUT2D eigenvalue weighted by atomic mass is 10.1. The van der Waals surface area contributed by atoms with Crippen LogP contribution in [0.25, 0.3) is 0 Å². The van der Waals surface area contributed by atoms with Crippen molar-refractivity contribution in [3.8, 4) is 0 Å². The fourth-order valence-corrected chi connectivity index (χ4v) is 3.34. The van der Waals surface area contributed by atoms with Crippen molar-refractivity contribution >= 4 is 28.8 Å². The van der Waals surface area contributed by atoms with Crippen LogP contribution in [-0.4, -0.2) is 22.0 Å². The van der Waals surface area contributed by atoms with Gasteiger partial charge < -0.3 is 11.1 Å². The zero-order chi connectivity index (χ0) is 13.2. The highest BCUT2D eigenvalue weighted by molar-refractivity contribution is 8.00. The molecule has 0 saturated carbocycles. The van der Waals surface area contributed by atoms with Crippen molar-refractivity contribution in [2.24, 2.45) is 0 Å². The van der Waals surface area contributed by atoms with Crippen LogP contribution in [0.2, 0.25) is 0 Å². The molecular weight excluding hydrogens is 250 g/mol. The van der Waals surface area contributed by atoms with E-state index >= 15 is 0 Å². The minimum atomic E-state index is -0.465. The lowest BCUT2D eigenvalue weighted by Crippen LogP contribution is -2.27. The van der Waals surface area contributed by atoms with Crippen LogP contribution >= 0.6 is 11.8 Å². The number of benzene rings is 1. The molecular formula is C12H17N3O2S. The lowest BCUT2D eigenvalue weighted by molar-refractivity contribution is -0.383. The van der Waals surface area contributed by atoms with Crippen LogP contribution in [0.1, 0.15) is 19.8 Å². The fraction of sp³-hybridized carbons (Fsp3) is 0.500. The van der Waals surface area contributed by atoms with Gasteiger partial charge in [-0.05, 0) is 37.7 Å². The second kappa shape index (κ2) is 5.06. The van der Waals surface area contributed by atoms with Crippen LogP contribution < -0.4 is 11.1 Å². The van der Waals surface area contributed by atoms with Gasteiger partial charge in [0.2, 0.25) is 0 Å². The van der Waals surface area contributed by atoms with Gasteiger partial charge in [-0.1, -0.05) is 0 Å². The van der Waals surface area contributed by atoms with E-state index in [9.17, 15) is 10.1 Å². The summed E-state index contributed by atoms with van der Waals surface area (Å²) in [5.41, 5.74) is 6.65. The molecule has 1 aliphatic rings. The van der Waals surface area contributed by atoms with E-state index in [1.165, 1.54) is 24.7 Å². The highest BCUT2D eigenvalue weighted by Gasteiger charge is 2.29. The Balaban J connectivity index is 2.02. The summed E-state index contributed by atoms with van der Waals surface area (Å²) in [4.78, 5) is 10.2. The van der Waals surface area contributed by atoms with E-state index < -0.39 is 4.92 Å². The first-order valence-corrected chi connectivity index (χ1v) is 6.90. The third kappa shape index (κ3) is 2.87. The van der Waals surface area contributed by atoms with Crippen LogP contribution in [0.3, 0.4) is 0 Å². The Bertz CT molecular complexity index is 459. The van der Waals surface area contributed by atoms with E-state index in [-0.39, 0.29) is 16.1 Å². The topological polar surface area (TPSA) is 81.2 Å². The fourth-order valence-electron chi connectivity index (χ4n) is 2.10. The number of nitrogens with zero attached hydrogens (tertiary/aromatic N) is 1. The van der Waals surface area contributed by atoms with E-state index in [0.29, 0.717) is 0 Å². The van der Waals surface area contributed by atoms with E-state index in [1.54, 1.807) is 12.1 Å². The maximum absolute atomic E-state index is 10.7. The van der Waals surface area contributed by atoms with Crippen molar-refractivity contribution in [3.05, 3.63) is 28.3 Å². The molecule has 18 heavy (non-hydrogen) atoms. The average Bonchev–Trinajstić information content (AvgIpc) is 2.74. The van der Waals surface area contributed by atoms with Crippen molar-refractivity contribution in [1.29, 1.82) is 0 Å². The number of anilines is 2. The average molecular weight is 267 g/mol. The zero-order valence-corrected chi connectivity index (χ0v) is 11.1. The molecule has 1 heterocycles. The number of nitrogen functional groups attached to an aromatic ring is 1. The summed E-state index contributed by atoms with van der Waals surface area (Å²) in [5, 5.41) is 14.0. The highest BCUT2D eigenvalue weighted by Crippen LogP contribution is 2.38. The van der Waals surface area contributed by atoms with Crippen molar-refractivity contribution < 1.29 is 4.92 Å². The monoisotopic (exact) mass is 267 g/mol. The van der Waals surface area contributed by atoms with Crippen LogP contribution in [0, 0.1) is 10.1 Å². The smallest absolute Gasteiger partial charge is 0.292 e. The SMILES string of the molecule is CC1(CNc2ccc([N+](=O)[O-])c(N)c2)CCCS1. The molecule has 2 rings (SSSR count). The van der Waals surface area contributed by atoms with Crippen LogP contribution in [0.5, 0.6) is 0 Å². The zero-order valence-electron chi connectivity index (χ0n) is 10.3. The molecule has 1 saturated heterocycles. The van der Waals surface area contributed by atoms with Crippen LogP contribution in [-0.2, 0) is 0 Å². The van der Waals surface area contributed by atoms with Crippen molar-refractivity contribution in [3.63, 3.8) is 0 Å². The minimum Gasteiger partial charge on any atom is -0.393 e. The van der Waals surface area contributed by atoms with Gasteiger partial charge in [-0.15, -0.1) is 0 Å². The number of rotatable bonds is 4. The molecule has 0 aliphatic carbocycles. The quantitative estimate of drug-likeness (QED) is 0.498. The maximum atomic E-state index is 10.7. The molecule has 6 heteroatoms. The summed E-state index contributed by atoms with van der Waals surface area (Å²) < 4.78 is 0.260. The number of nitro benzene ring substituents is 1. The Kier molecular flexibility index (Phi) is 3.65. The summed E-state index contributed by atoms with van der Waals surface area (Å²) in [6, 6.07) is 4.78. The molecule has 0 amide bonds. The molecule has 1 aromatic carbocycles. The largest absolute Gasteiger partial charge is 0.393 e. The van der Waals surface area contributed by atoms with Gasteiger partial charge in [-0.3, -0.25) is 10.1 Å². The van der Waals surface area contributed by atoms with Crippen LogP contribution in [0.15, 0.2) is 18.2 Å². The Labute approximate surface area is 110 Å². The third-order valence-electron chi connectivity index (χ3n) is 3.19. The molecule has 1 atom stereocenters. The first-order chi connectivity index (χ1) is 8.50. The second-order valence-corrected chi connectivity index (χ2v) is 6.47. The van der Waals surface area contributed by atoms with E-state index in [1.807, 2.05) is 11.8 Å². The lowest BCUT2D eigenvalue weighted by Gasteiger charge is -2.23. The summed E-state index contributed by atoms with van der Waals surface area (Å²) in [6.45, 7) is 3.10. The molecule has 1 unspecified atom stereocenters. The Morgan fingerprint density at radius 2 is 2.39 bits per heavy atom. The Morgan fingerprint density at radius 3 is 2.94 bits per heavy atom. The van der Waals surface area contributed by atoms with E-state index in [4.69, 9.17) is 5.73 Å². The molecule has 1 fully saturated rings.